The number of amides is 1. The van der Waals surface area contributed by atoms with Crippen LogP contribution in [0, 0.1) is 6.92 Å². The van der Waals surface area contributed by atoms with Crippen LogP contribution in [-0.4, -0.2) is 20.3 Å². The SMILES string of the molecule is C=CCn1c(=NC(=O)c2nn(C)cc2C)sc2cc(Cl)ccc21. The summed E-state index contributed by atoms with van der Waals surface area (Å²) in [5, 5.41) is 4.83. The molecule has 2 aromatic heterocycles. The molecular formula is C16H15ClN4OS. The summed E-state index contributed by atoms with van der Waals surface area (Å²) in [5.41, 5.74) is 2.15. The van der Waals surface area contributed by atoms with Gasteiger partial charge in [0.25, 0.3) is 5.91 Å². The van der Waals surface area contributed by atoms with Gasteiger partial charge in [0.1, 0.15) is 0 Å². The van der Waals surface area contributed by atoms with Crippen molar-refractivity contribution in [1.29, 1.82) is 0 Å². The normalized spacial score (nSPS) is 12.0. The number of aryl methyl sites for hydroxylation is 2. The van der Waals surface area contributed by atoms with Gasteiger partial charge in [-0.3, -0.25) is 9.48 Å². The van der Waals surface area contributed by atoms with Crippen LogP contribution < -0.4 is 4.80 Å². The molecule has 0 N–H and O–H groups in total. The fraction of sp³-hybridized carbons (Fsp3) is 0.188. The quantitative estimate of drug-likeness (QED) is 0.683. The molecule has 0 saturated carbocycles. The van der Waals surface area contributed by atoms with E-state index in [0.717, 1.165) is 15.8 Å². The standard InChI is InChI=1S/C16H15ClN4OS/c1-4-7-21-12-6-5-11(17)8-13(12)23-16(21)18-15(22)14-10(2)9-20(3)19-14/h4-6,8-9H,1,7H2,2-3H3. The molecule has 3 aromatic rings. The van der Waals surface area contributed by atoms with Crippen molar-refractivity contribution < 1.29 is 4.79 Å². The average Bonchev–Trinajstić information content (AvgIpc) is 2.99. The molecule has 0 aliphatic rings. The van der Waals surface area contributed by atoms with Gasteiger partial charge in [-0.2, -0.15) is 10.1 Å². The smallest absolute Gasteiger partial charge is 0.300 e. The summed E-state index contributed by atoms with van der Waals surface area (Å²) in [6.45, 7) is 6.18. The third-order valence-corrected chi connectivity index (χ3v) is 4.64. The van der Waals surface area contributed by atoms with E-state index in [4.69, 9.17) is 11.6 Å². The molecule has 23 heavy (non-hydrogen) atoms. The third kappa shape index (κ3) is 3.00. The minimum absolute atomic E-state index is 0.349. The highest BCUT2D eigenvalue weighted by Crippen LogP contribution is 2.22. The van der Waals surface area contributed by atoms with E-state index in [2.05, 4.69) is 16.7 Å². The van der Waals surface area contributed by atoms with Gasteiger partial charge in [-0.05, 0) is 25.1 Å². The van der Waals surface area contributed by atoms with Gasteiger partial charge in [0.15, 0.2) is 10.5 Å². The highest BCUT2D eigenvalue weighted by atomic mass is 35.5. The number of allylic oxidation sites excluding steroid dienone is 1. The molecule has 5 nitrogen and oxygen atoms in total. The Morgan fingerprint density at radius 1 is 1.52 bits per heavy atom. The molecule has 2 heterocycles. The van der Waals surface area contributed by atoms with Crippen molar-refractivity contribution in [1.82, 2.24) is 14.3 Å². The van der Waals surface area contributed by atoms with Crippen molar-refractivity contribution in [3.05, 3.63) is 58.1 Å². The minimum Gasteiger partial charge on any atom is -0.312 e. The maximum absolute atomic E-state index is 12.4. The molecule has 0 saturated heterocycles. The Balaban J connectivity index is 2.17. The molecule has 1 amide bonds. The first-order valence-electron chi connectivity index (χ1n) is 6.98. The van der Waals surface area contributed by atoms with E-state index in [1.54, 1.807) is 24.0 Å². The Bertz CT molecular complexity index is 980. The molecule has 0 aliphatic carbocycles. The predicted octanol–water partition coefficient (Wildman–Crippen LogP) is 3.33. The van der Waals surface area contributed by atoms with Crippen molar-refractivity contribution in [2.75, 3.05) is 0 Å². The van der Waals surface area contributed by atoms with Gasteiger partial charge in [0.2, 0.25) is 0 Å². The Kier molecular flexibility index (Phi) is 4.19. The maximum atomic E-state index is 12.4. The molecule has 118 valence electrons. The zero-order chi connectivity index (χ0) is 16.6. The van der Waals surface area contributed by atoms with E-state index >= 15 is 0 Å². The molecule has 7 heteroatoms. The van der Waals surface area contributed by atoms with Crippen LogP contribution in [0.5, 0.6) is 0 Å². The summed E-state index contributed by atoms with van der Waals surface area (Å²) in [7, 11) is 1.78. The van der Waals surface area contributed by atoms with E-state index in [1.165, 1.54) is 11.3 Å². The van der Waals surface area contributed by atoms with Crippen molar-refractivity contribution in [2.45, 2.75) is 13.5 Å². The maximum Gasteiger partial charge on any atom is 0.300 e. The number of nitrogens with zero attached hydrogens (tertiary/aromatic N) is 4. The van der Waals surface area contributed by atoms with Gasteiger partial charge in [-0.1, -0.05) is 29.0 Å². The lowest BCUT2D eigenvalue weighted by atomic mass is 10.3. The number of hydrogen-bond donors (Lipinski definition) is 0. The van der Waals surface area contributed by atoms with Crippen molar-refractivity contribution in [2.24, 2.45) is 12.0 Å². The fourth-order valence-corrected chi connectivity index (χ4v) is 3.71. The molecule has 3 rings (SSSR count). The van der Waals surface area contributed by atoms with Gasteiger partial charge in [0.05, 0.1) is 10.2 Å². The summed E-state index contributed by atoms with van der Waals surface area (Å²) in [4.78, 5) is 17.3. The summed E-state index contributed by atoms with van der Waals surface area (Å²) >= 11 is 7.47. The van der Waals surface area contributed by atoms with Gasteiger partial charge < -0.3 is 4.57 Å². The van der Waals surface area contributed by atoms with Crippen LogP contribution in [0.15, 0.2) is 42.0 Å². The molecule has 0 atom stereocenters. The van der Waals surface area contributed by atoms with E-state index in [-0.39, 0.29) is 5.91 Å². The summed E-state index contributed by atoms with van der Waals surface area (Å²) in [5.74, 6) is -0.349. The summed E-state index contributed by atoms with van der Waals surface area (Å²) in [6.07, 6.45) is 3.57. The van der Waals surface area contributed by atoms with Crippen LogP contribution in [0.25, 0.3) is 10.2 Å². The zero-order valence-corrected chi connectivity index (χ0v) is 14.4. The summed E-state index contributed by atoms with van der Waals surface area (Å²) in [6, 6.07) is 5.62. The van der Waals surface area contributed by atoms with Crippen LogP contribution in [-0.2, 0) is 13.6 Å². The number of carbonyl (C=O) groups is 1. The Morgan fingerprint density at radius 2 is 2.30 bits per heavy atom. The van der Waals surface area contributed by atoms with Gasteiger partial charge >= 0.3 is 0 Å². The number of benzene rings is 1. The molecule has 0 fully saturated rings. The topological polar surface area (TPSA) is 52.2 Å². The van der Waals surface area contributed by atoms with Crippen molar-refractivity contribution in [3.8, 4) is 0 Å². The van der Waals surface area contributed by atoms with E-state index < -0.39 is 0 Å². The molecule has 0 radical (unpaired) electrons. The van der Waals surface area contributed by atoms with E-state index in [1.807, 2.05) is 29.7 Å². The number of carbonyl (C=O) groups excluding carboxylic acids is 1. The zero-order valence-electron chi connectivity index (χ0n) is 12.8. The second kappa shape index (κ2) is 6.14. The minimum atomic E-state index is -0.349. The first kappa shape index (κ1) is 15.7. The van der Waals surface area contributed by atoms with E-state index in [0.29, 0.717) is 22.1 Å². The van der Waals surface area contributed by atoms with Crippen LogP contribution in [0.3, 0.4) is 0 Å². The average molecular weight is 347 g/mol. The van der Waals surface area contributed by atoms with Crippen molar-refractivity contribution in [3.63, 3.8) is 0 Å². The predicted molar refractivity (Wildman–Crippen MR) is 92.9 cm³/mol. The van der Waals surface area contributed by atoms with Crippen LogP contribution in [0.4, 0.5) is 0 Å². The second-order valence-electron chi connectivity index (χ2n) is 5.15. The van der Waals surface area contributed by atoms with Crippen LogP contribution in [0.1, 0.15) is 16.1 Å². The number of fused-ring (bicyclic) bond motifs is 1. The van der Waals surface area contributed by atoms with E-state index in [9.17, 15) is 4.79 Å². The fourth-order valence-electron chi connectivity index (χ4n) is 2.40. The number of aromatic nitrogens is 3. The Labute approximate surface area is 142 Å². The Hall–Kier alpha value is -2.18. The Morgan fingerprint density at radius 3 is 2.96 bits per heavy atom. The number of hydrogen-bond acceptors (Lipinski definition) is 3. The number of rotatable bonds is 3. The van der Waals surface area contributed by atoms with Gasteiger partial charge in [0, 0.05) is 30.4 Å². The first-order valence-corrected chi connectivity index (χ1v) is 8.18. The number of halogens is 1. The second-order valence-corrected chi connectivity index (χ2v) is 6.59. The molecule has 0 spiro atoms. The lowest BCUT2D eigenvalue weighted by Crippen LogP contribution is -2.16. The highest BCUT2D eigenvalue weighted by molar-refractivity contribution is 7.16. The molecule has 0 bridgehead atoms. The van der Waals surface area contributed by atoms with Crippen LogP contribution >= 0.6 is 22.9 Å². The van der Waals surface area contributed by atoms with Gasteiger partial charge in [-0.25, -0.2) is 0 Å². The largest absolute Gasteiger partial charge is 0.312 e. The molecule has 0 aliphatic heterocycles. The summed E-state index contributed by atoms with van der Waals surface area (Å²) < 4.78 is 4.53. The van der Waals surface area contributed by atoms with Gasteiger partial charge in [-0.15, -0.1) is 6.58 Å². The lowest BCUT2D eigenvalue weighted by Gasteiger charge is -2.00. The van der Waals surface area contributed by atoms with Crippen molar-refractivity contribution >= 4 is 39.1 Å². The van der Waals surface area contributed by atoms with Crippen LogP contribution in [0.2, 0.25) is 5.02 Å². The number of thiazole rings is 1. The molecule has 1 aromatic carbocycles. The third-order valence-electron chi connectivity index (χ3n) is 3.37. The highest BCUT2D eigenvalue weighted by Gasteiger charge is 2.14. The molecule has 0 unspecified atom stereocenters. The monoisotopic (exact) mass is 346 g/mol. The first-order chi connectivity index (χ1) is 11.0. The molecular weight excluding hydrogens is 332 g/mol. The lowest BCUT2D eigenvalue weighted by molar-refractivity contribution is 0.0992.